The molecule has 1 amide bonds. The number of hydrogen-bond donors (Lipinski definition) is 2. The van der Waals surface area contributed by atoms with Gasteiger partial charge in [-0.2, -0.15) is 0 Å². The summed E-state index contributed by atoms with van der Waals surface area (Å²) in [5.41, 5.74) is 1.06. The molecule has 1 aromatic rings. The Kier molecular flexibility index (Phi) is 6.15. The highest BCUT2D eigenvalue weighted by molar-refractivity contribution is 7.90. The average molecular weight is 339 g/mol. The topological polar surface area (TPSA) is 78.5 Å². The number of benzene rings is 1. The van der Waals surface area contributed by atoms with Gasteiger partial charge in [-0.3, -0.25) is 9.69 Å². The third-order valence-corrected chi connectivity index (χ3v) is 6.35. The maximum absolute atomic E-state index is 12.3. The highest BCUT2D eigenvalue weighted by atomic mass is 32.2. The molecule has 1 aliphatic heterocycles. The smallest absolute Gasteiger partial charge is 0.237 e. The van der Waals surface area contributed by atoms with Crippen molar-refractivity contribution < 1.29 is 13.2 Å². The van der Waals surface area contributed by atoms with Crippen LogP contribution in [0.3, 0.4) is 0 Å². The van der Waals surface area contributed by atoms with Crippen molar-refractivity contribution in [3.63, 3.8) is 0 Å². The van der Waals surface area contributed by atoms with Gasteiger partial charge >= 0.3 is 0 Å². The maximum Gasteiger partial charge on any atom is 0.237 e. The molecule has 1 atom stereocenters. The summed E-state index contributed by atoms with van der Waals surface area (Å²) in [5.74, 6) is -0.0243. The van der Waals surface area contributed by atoms with Crippen LogP contribution in [0.1, 0.15) is 25.3 Å². The molecule has 0 bridgehead atoms. The lowest BCUT2D eigenvalue weighted by Gasteiger charge is -2.34. The van der Waals surface area contributed by atoms with E-state index in [2.05, 4.69) is 10.0 Å². The third-order valence-electron chi connectivity index (χ3n) is 4.44. The quantitative estimate of drug-likeness (QED) is 0.800. The van der Waals surface area contributed by atoms with Gasteiger partial charge in [0.05, 0.1) is 11.3 Å². The fraction of sp³-hybridized carbons (Fsp3) is 0.562. The van der Waals surface area contributed by atoms with Crippen LogP contribution < -0.4 is 10.0 Å². The number of piperidine rings is 1. The lowest BCUT2D eigenvalue weighted by molar-refractivity contribution is -0.126. The molecule has 128 valence electrons. The lowest BCUT2D eigenvalue weighted by atomic mass is 10.1. The third kappa shape index (κ3) is 4.76. The van der Waals surface area contributed by atoms with E-state index < -0.39 is 10.0 Å². The standard InChI is InChI=1S/C16H25N3O3S/c1-13(16(20)18-12-14-6-4-3-5-7-14)19-10-8-15(9-11-19)23(21,22)17-2/h3-7,13,15,17H,8-12H2,1-2H3,(H,18,20)/t13-/m1/s1. The van der Waals surface area contributed by atoms with E-state index in [-0.39, 0.29) is 17.2 Å². The number of amides is 1. The summed E-state index contributed by atoms with van der Waals surface area (Å²) in [6.45, 7) is 3.61. The number of nitrogens with zero attached hydrogens (tertiary/aromatic N) is 1. The van der Waals surface area contributed by atoms with Gasteiger partial charge in [-0.25, -0.2) is 13.1 Å². The van der Waals surface area contributed by atoms with Gasteiger partial charge in [0, 0.05) is 19.6 Å². The van der Waals surface area contributed by atoms with Crippen molar-refractivity contribution in [3.8, 4) is 0 Å². The largest absolute Gasteiger partial charge is 0.351 e. The normalized spacial score (nSPS) is 18.5. The molecule has 1 heterocycles. The second kappa shape index (κ2) is 7.90. The van der Waals surface area contributed by atoms with Gasteiger partial charge in [0.1, 0.15) is 0 Å². The zero-order chi connectivity index (χ0) is 16.9. The van der Waals surface area contributed by atoms with Gasteiger partial charge in [0.15, 0.2) is 0 Å². The molecule has 23 heavy (non-hydrogen) atoms. The van der Waals surface area contributed by atoms with Gasteiger partial charge in [0.25, 0.3) is 0 Å². The van der Waals surface area contributed by atoms with E-state index >= 15 is 0 Å². The van der Waals surface area contributed by atoms with Crippen molar-refractivity contribution in [1.29, 1.82) is 0 Å². The first-order valence-corrected chi connectivity index (χ1v) is 9.46. The monoisotopic (exact) mass is 339 g/mol. The summed E-state index contributed by atoms with van der Waals surface area (Å²) in [6.07, 6.45) is 1.11. The summed E-state index contributed by atoms with van der Waals surface area (Å²) in [6, 6.07) is 9.52. The van der Waals surface area contributed by atoms with Gasteiger partial charge in [-0.15, -0.1) is 0 Å². The molecular formula is C16H25N3O3S. The number of rotatable bonds is 6. The lowest BCUT2D eigenvalue weighted by Crippen LogP contribution is -2.50. The Morgan fingerprint density at radius 2 is 1.87 bits per heavy atom. The maximum atomic E-state index is 12.3. The first-order valence-electron chi connectivity index (χ1n) is 7.92. The molecule has 1 saturated heterocycles. The molecule has 2 N–H and O–H groups in total. The van der Waals surface area contributed by atoms with Crippen LogP contribution in [0.4, 0.5) is 0 Å². The van der Waals surface area contributed by atoms with Gasteiger partial charge in [-0.05, 0) is 32.4 Å². The van der Waals surface area contributed by atoms with E-state index in [0.717, 1.165) is 5.56 Å². The van der Waals surface area contributed by atoms with Crippen molar-refractivity contribution >= 4 is 15.9 Å². The number of nitrogens with one attached hydrogen (secondary N) is 2. The first kappa shape index (κ1) is 17.9. The van der Waals surface area contributed by atoms with E-state index in [1.807, 2.05) is 42.2 Å². The molecule has 0 saturated carbocycles. The average Bonchev–Trinajstić information content (AvgIpc) is 2.60. The summed E-state index contributed by atoms with van der Waals surface area (Å²) in [5, 5.41) is 2.58. The predicted octanol–water partition coefficient (Wildman–Crippen LogP) is 0.705. The summed E-state index contributed by atoms with van der Waals surface area (Å²) in [7, 11) is -1.77. The van der Waals surface area contributed by atoms with Gasteiger partial charge in [-0.1, -0.05) is 30.3 Å². The minimum absolute atomic E-state index is 0.0243. The van der Waals surface area contributed by atoms with E-state index in [1.54, 1.807) is 0 Å². The van der Waals surface area contributed by atoms with E-state index in [9.17, 15) is 13.2 Å². The van der Waals surface area contributed by atoms with E-state index in [1.165, 1.54) is 7.05 Å². The van der Waals surface area contributed by atoms with Gasteiger partial charge < -0.3 is 5.32 Å². The number of carbonyl (C=O) groups is 1. The summed E-state index contributed by atoms with van der Waals surface area (Å²) < 4.78 is 26.0. The van der Waals surface area contributed by atoms with Crippen molar-refractivity contribution in [2.75, 3.05) is 20.1 Å². The highest BCUT2D eigenvalue weighted by Crippen LogP contribution is 2.18. The molecule has 2 rings (SSSR count). The number of carbonyl (C=O) groups excluding carboxylic acids is 1. The SMILES string of the molecule is CNS(=O)(=O)C1CCN([C@H](C)C(=O)NCc2ccccc2)CC1. The van der Waals surface area contributed by atoms with E-state index in [4.69, 9.17) is 0 Å². The van der Waals surface area contributed by atoms with Gasteiger partial charge in [0.2, 0.25) is 15.9 Å². The van der Waals surface area contributed by atoms with Crippen LogP contribution in [0.25, 0.3) is 0 Å². The minimum Gasteiger partial charge on any atom is -0.351 e. The van der Waals surface area contributed by atoms with E-state index in [0.29, 0.717) is 32.5 Å². The Morgan fingerprint density at radius 3 is 2.43 bits per heavy atom. The minimum atomic E-state index is -3.21. The first-order chi connectivity index (χ1) is 10.9. The molecule has 0 spiro atoms. The molecule has 7 heteroatoms. The number of likely N-dealkylation sites (tertiary alicyclic amines) is 1. The molecule has 1 aromatic carbocycles. The fourth-order valence-corrected chi connectivity index (χ4v) is 4.00. The molecule has 1 aliphatic rings. The van der Waals surface area contributed by atoms with Crippen LogP contribution in [0.2, 0.25) is 0 Å². The molecule has 1 fully saturated rings. The summed E-state index contributed by atoms with van der Waals surface area (Å²) >= 11 is 0. The van der Waals surface area contributed by atoms with Crippen LogP contribution in [-0.4, -0.2) is 50.7 Å². The zero-order valence-corrected chi connectivity index (χ0v) is 14.5. The van der Waals surface area contributed by atoms with Crippen LogP contribution in [-0.2, 0) is 21.4 Å². The molecule has 0 unspecified atom stereocenters. The van der Waals surface area contributed by atoms with Crippen LogP contribution in [0.5, 0.6) is 0 Å². The van der Waals surface area contributed by atoms with Crippen LogP contribution in [0.15, 0.2) is 30.3 Å². The van der Waals surface area contributed by atoms with Crippen molar-refractivity contribution in [3.05, 3.63) is 35.9 Å². The van der Waals surface area contributed by atoms with Crippen molar-refractivity contribution in [2.45, 2.75) is 37.6 Å². The molecule has 0 aromatic heterocycles. The zero-order valence-electron chi connectivity index (χ0n) is 13.7. The summed E-state index contributed by atoms with van der Waals surface area (Å²) in [4.78, 5) is 14.3. The highest BCUT2D eigenvalue weighted by Gasteiger charge is 2.32. The number of hydrogen-bond acceptors (Lipinski definition) is 4. The molecule has 0 radical (unpaired) electrons. The Labute approximate surface area is 138 Å². The number of sulfonamides is 1. The fourth-order valence-electron chi connectivity index (χ4n) is 2.84. The Bertz CT molecular complexity index is 611. The van der Waals surface area contributed by atoms with Crippen LogP contribution >= 0.6 is 0 Å². The predicted molar refractivity (Wildman–Crippen MR) is 90.3 cm³/mol. The molecule has 6 nitrogen and oxygen atoms in total. The second-order valence-corrected chi connectivity index (χ2v) is 8.03. The van der Waals surface area contributed by atoms with Crippen molar-refractivity contribution in [2.24, 2.45) is 0 Å². The molecular weight excluding hydrogens is 314 g/mol. The Hall–Kier alpha value is -1.44. The van der Waals surface area contributed by atoms with Crippen molar-refractivity contribution in [1.82, 2.24) is 14.9 Å². The Morgan fingerprint density at radius 1 is 1.26 bits per heavy atom. The Balaban J connectivity index is 1.82. The van der Waals surface area contributed by atoms with Crippen LogP contribution in [0, 0.1) is 0 Å². The molecule has 0 aliphatic carbocycles. The second-order valence-electron chi connectivity index (χ2n) is 5.86.